The molecule has 2 N–H and O–H groups in total. The molecule has 2 rings (SSSR count). The summed E-state index contributed by atoms with van der Waals surface area (Å²) in [6.45, 7) is 3.27. The van der Waals surface area contributed by atoms with Crippen molar-refractivity contribution in [1.82, 2.24) is 10.2 Å². The number of rotatable bonds is 8. The van der Waals surface area contributed by atoms with Gasteiger partial charge < -0.3 is 10.6 Å². The molecule has 0 saturated heterocycles. The number of carbonyl (C=O) groups is 2. The molecule has 8 heteroatoms. The minimum Gasteiger partial charge on any atom is -0.350 e. The van der Waals surface area contributed by atoms with E-state index in [2.05, 4.69) is 10.6 Å². The number of thiophene rings is 1. The Morgan fingerprint density at radius 3 is 2.52 bits per heavy atom. The molecule has 134 valence electrons. The molecule has 2 amide bonds. The number of halogens is 2. The van der Waals surface area contributed by atoms with Crippen LogP contribution in [0.5, 0.6) is 0 Å². The van der Waals surface area contributed by atoms with Gasteiger partial charge in [0.05, 0.1) is 29.7 Å². The van der Waals surface area contributed by atoms with Gasteiger partial charge in [-0.15, -0.1) is 11.3 Å². The van der Waals surface area contributed by atoms with Crippen LogP contribution in [-0.4, -0.2) is 36.3 Å². The highest BCUT2D eigenvalue weighted by Gasteiger charge is 2.13. The summed E-state index contributed by atoms with van der Waals surface area (Å²) in [5.41, 5.74) is 0.567. The maximum atomic E-state index is 12.1. The lowest BCUT2D eigenvalue weighted by Gasteiger charge is -2.19. The fourth-order valence-electron chi connectivity index (χ4n) is 2.11. The largest absolute Gasteiger partial charge is 0.350 e. The predicted octanol–water partition coefficient (Wildman–Crippen LogP) is 3.63. The molecule has 2 aromatic rings. The quantitative estimate of drug-likeness (QED) is 0.712. The van der Waals surface area contributed by atoms with E-state index in [1.54, 1.807) is 34.4 Å². The van der Waals surface area contributed by atoms with Gasteiger partial charge in [-0.25, -0.2) is 0 Å². The summed E-state index contributed by atoms with van der Waals surface area (Å²) in [5.74, 6) is -0.330. The highest BCUT2D eigenvalue weighted by atomic mass is 35.5. The zero-order chi connectivity index (χ0) is 18.2. The number of nitrogens with one attached hydrogen (secondary N) is 2. The van der Waals surface area contributed by atoms with Gasteiger partial charge in [-0.1, -0.05) is 36.2 Å². The van der Waals surface area contributed by atoms with E-state index in [0.29, 0.717) is 28.8 Å². The second-order valence-electron chi connectivity index (χ2n) is 5.34. The molecule has 5 nitrogen and oxygen atoms in total. The van der Waals surface area contributed by atoms with Crippen molar-refractivity contribution in [1.29, 1.82) is 0 Å². The van der Waals surface area contributed by atoms with Gasteiger partial charge in [0.2, 0.25) is 11.8 Å². The van der Waals surface area contributed by atoms with Crippen molar-refractivity contribution in [2.75, 3.05) is 25.0 Å². The second kappa shape index (κ2) is 9.77. The number of anilines is 1. The molecule has 0 bridgehead atoms. The zero-order valence-corrected chi connectivity index (χ0v) is 16.0. The van der Waals surface area contributed by atoms with E-state index in [0.717, 1.165) is 4.88 Å². The molecular weight excluding hydrogens is 381 g/mol. The Morgan fingerprint density at radius 2 is 1.88 bits per heavy atom. The van der Waals surface area contributed by atoms with Gasteiger partial charge in [-0.05, 0) is 36.2 Å². The third-order valence-electron chi connectivity index (χ3n) is 3.42. The first-order valence-electron chi connectivity index (χ1n) is 7.74. The molecule has 1 aromatic heterocycles. The van der Waals surface area contributed by atoms with Crippen molar-refractivity contribution in [3.05, 3.63) is 50.6 Å². The van der Waals surface area contributed by atoms with Crippen LogP contribution in [0.1, 0.15) is 11.8 Å². The van der Waals surface area contributed by atoms with E-state index in [1.807, 2.05) is 24.4 Å². The van der Waals surface area contributed by atoms with Crippen LogP contribution >= 0.6 is 34.5 Å². The van der Waals surface area contributed by atoms with E-state index in [9.17, 15) is 9.59 Å². The van der Waals surface area contributed by atoms with Crippen molar-refractivity contribution in [2.24, 2.45) is 0 Å². The molecular formula is C17H19Cl2N3O2S. The Morgan fingerprint density at radius 1 is 1.12 bits per heavy atom. The number of hydrogen-bond acceptors (Lipinski definition) is 4. The van der Waals surface area contributed by atoms with Gasteiger partial charge in [0.15, 0.2) is 0 Å². The summed E-state index contributed by atoms with van der Waals surface area (Å²) < 4.78 is 0. The summed E-state index contributed by atoms with van der Waals surface area (Å²) in [6, 6.07) is 8.79. The average Bonchev–Trinajstić information content (AvgIpc) is 3.09. The molecule has 0 aliphatic carbocycles. The van der Waals surface area contributed by atoms with Gasteiger partial charge in [0, 0.05) is 10.6 Å². The number of amides is 2. The van der Waals surface area contributed by atoms with Crippen LogP contribution < -0.4 is 10.6 Å². The lowest BCUT2D eigenvalue weighted by Crippen LogP contribution is -2.40. The molecule has 1 heterocycles. The smallest absolute Gasteiger partial charge is 0.238 e. The van der Waals surface area contributed by atoms with Gasteiger partial charge >= 0.3 is 0 Å². The SMILES string of the molecule is CCN(CC(=O)NCc1cccs1)CC(=O)Nc1ccc(Cl)c(Cl)c1. The van der Waals surface area contributed by atoms with E-state index in [1.165, 1.54) is 0 Å². The molecule has 1 aromatic carbocycles. The normalized spacial score (nSPS) is 10.7. The van der Waals surface area contributed by atoms with Gasteiger partial charge in [0.1, 0.15) is 0 Å². The van der Waals surface area contributed by atoms with Crippen LogP contribution in [0, 0.1) is 0 Å². The molecule has 0 unspecified atom stereocenters. The first kappa shape index (κ1) is 19.7. The Bertz CT molecular complexity index is 723. The maximum Gasteiger partial charge on any atom is 0.238 e. The van der Waals surface area contributed by atoms with Crippen molar-refractivity contribution in [3.8, 4) is 0 Å². The minimum absolute atomic E-state index is 0.113. The number of likely N-dealkylation sites (N-methyl/N-ethyl adjacent to an activating group) is 1. The third-order valence-corrected chi connectivity index (χ3v) is 5.04. The third kappa shape index (κ3) is 6.66. The van der Waals surface area contributed by atoms with Crippen LogP contribution in [-0.2, 0) is 16.1 Å². The molecule has 0 atom stereocenters. The van der Waals surface area contributed by atoms with Crippen LogP contribution in [0.3, 0.4) is 0 Å². The lowest BCUT2D eigenvalue weighted by atomic mass is 10.3. The lowest BCUT2D eigenvalue weighted by molar-refractivity contribution is -0.123. The van der Waals surface area contributed by atoms with E-state index in [4.69, 9.17) is 23.2 Å². The van der Waals surface area contributed by atoms with Gasteiger partial charge in [0.25, 0.3) is 0 Å². The molecule has 0 spiro atoms. The Labute approximate surface area is 160 Å². The highest BCUT2D eigenvalue weighted by Crippen LogP contribution is 2.24. The summed E-state index contributed by atoms with van der Waals surface area (Å²) in [6.07, 6.45) is 0. The fourth-order valence-corrected chi connectivity index (χ4v) is 3.06. The molecule has 0 radical (unpaired) electrons. The van der Waals surface area contributed by atoms with E-state index >= 15 is 0 Å². The van der Waals surface area contributed by atoms with Gasteiger partial charge in [-0.3, -0.25) is 14.5 Å². The molecule has 0 saturated carbocycles. The number of hydrogen-bond donors (Lipinski definition) is 2. The van der Waals surface area contributed by atoms with E-state index < -0.39 is 0 Å². The van der Waals surface area contributed by atoms with Crippen molar-refractivity contribution < 1.29 is 9.59 Å². The topological polar surface area (TPSA) is 61.4 Å². The van der Waals surface area contributed by atoms with Crippen molar-refractivity contribution >= 4 is 52.0 Å². The summed E-state index contributed by atoms with van der Waals surface area (Å²) in [7, 11) is 0. The molecule has 0 fully saturated rings. The standard InChI is InChI=1S/C17H19Cl2N3O2S/c1-2-22(10-16(23)20-9-13-4-3-7-25-13)11-17(24)21-12-5-6-14(18)15(19)8-12/h3-8H,2,9-11H2,1H3,(H,20,23)(H,21,24). The fraction of sp³-hybridized carbons (Fsp3) is 0.294. The highest BCUT2D eigenvalue weighted by molar-refractivity contribution is 7.09. The molecule has 25 heavy (non-hydrogen) atoms. The van der Waals surface area contributed by atoms with Crippen molar-refractivity contribution in [2.45, 2.75) is 13.5 Å². The van der Waals surface area contributed by atoms with Crippen LogP contribution in [0.15, 0.2) is 35.7 Å². The maximum absolute atomic E-state index is 12.1. The Kier molecular flexibility index (Phi) is 7.71. The molecule has 0 aliphatic rings. The van der Waals surface area contributed by atoms with Crippen molar-refractivity contribution in [3.63, 3.8) is 0 Å². The predicted molar refractivity (Wildman–Crippen MR) is 103 cm³/mol. The van der Waals surface area contributed by atoms with E-state index in [-0.39, 0.29) is 24.9 Å². The van der Waals surface area contributed by atoms with Crippen LogP contribution in [0.4, 0.5) is 5.69 Å². The van der Waals surface area contributed by atoms with Crippen LogP contribution in [0.2, 0.25) is 10.0 Å². The minimum atomic E-state index is -0.216. The number of carbonyl (C=O) groups excluding carboxylic acids is 2. The Balaban J connectivity index is 1.80. The summed E-state index contributed by atoms with van der Waals surface area (Å²) in [5, 5.41) is 8.37. The zero-order valence-electron chi connectivity index (χ0n) is 13.7. The van der Waals surface area contributed by atoms with Gasteiger partial charge in [-0.2, -0.15) is 0 Å². The summed E-state index contributed by atoms with van der Waals surface area (Å²) >= 11 is 13.4. The summed E-state index contributed by atoms with van der Waals surface area (Å²) in [4.78, 5) is 27.0. The Hall–Kier alpha value is -1.60. The monoisotopic (exact) mass is 399 g/mol. The first-order chi connectivity index (χ1) is 12.0. The second-order valence-corrected chi connectivity index (χ2v) is 7.18. The average molecular weight is 400 g/mol. The first-order valence-corrected chi connectivity index (χ1v) is 9.38. The number of nitrogens with zero attached hydrogens (tertiary/aromatic N) is 1. The van der Waals surface area contributed by atoms with Crippen LogP contribution in [0.25, 0.3) is 0 Å². The molecule has 0 aliphatic heterocycles. The number of benzene rings is 1.